The van der Waals surface area contributed by atoms with Gasteiger partial charge < -0.3 is 15.5 Å². The van der Waals surface area contributed by atoms with Gasteiger partial charge in [0, 0.05) is 40.0 Å². The van der Waals surface area contributed by atoms with Crippen molar-refractivity contribution in [3.05, 3.63) is 35.4 Å². The number of carbonyl (C=O) groups is 3. The first kappa shape index (κ1) is 23.3. The van der Waals surface area contributed by atoms with Crippen LogP contribution in [-0.4, -0.2) is 79.2 Å². The number of rotatable bonds is 6. The first-order valence-corrected chi connectivity index (χ1v) is 11.3. The number of nitrogens with two attached hydrogens (primary N) is 1. The van der Waals surface area contributed by atoms with Gasteiger partial charge >= 0.3 is 0 Å². The van der Waals surface area contributed by atoms with Crippen molar-refractivity contribution in [1.29, 1.82) is 0 Å². The third-order valence-electron chi connectivity index (χ3n) is 7.08. The SMILES string of the molecule is CC(=O)N1CCCC(c2ccccc2CC2(C(N)=O)CCN(CC(=O)N(C)C)CC2)C1. The molecule has 0 bridgehead atoms. The van der Waals surface area contributed by atoms with E-state index in [9.17, 15) is 14.4 Å². The zero-order chi connectivity index (χ0) is 22.6. The second kappa shape index (κ2) is 9.81. The van der Waals surface area contributed by atoms with Crippen molar-refractivity contribution in [3.63, 3.8) is 0 Å². The first-order valence-electron chi connectivity index (χ1n) is 11.3. The van der Waals surface area contributed by atoms with Crippen LogP contribution >= 0.6 is 0 Å². The quantitative estimate of drug-likeness (QED) is 0.746. The number of likely N-dealkylation sites (N-methyl/N-ethyl adjacent to an activating group) is 1. The number of amides is 3. The highest BCUT2D eigenvalue weighted by Gasteiger charge is 2.41. The van der Waals surface area contributed by atoms with E-state index in [1.54, 1.807) is 25.9 Å². The molecule has 0 aromatic heterocycles. The molecule has 0 radical (unpaired) electrons. The van der Waals surface area contributed by atoms with Crippen LogP contribution in [0.1, 0.15) is 49.7 Å². The van der Waals surface area contributed by atoms with Crippen molar-refractivity contribution in [2.45, 2.75) is 44.9 Å². The highest BCUT2D eigenvalue weighted by molar-refractivity contribution is 5.81. The van der Waals surface area contributed by atoms with Crippen molar-refractivity contribution in [1.82, 2.24) is 14.7 Å². The fraction of sp³-hybridized carbons (Fsp3) is 0.625. The van der Waals surface area contributed by atoms with Crippen LogP contribution in [0.25, 0.3) is 0 Å². The molecular weight excluding hydrogens is 392 g/mol. The summed E-state index contributed by atoms with van der Waals surface area (Å²) in [5, 5.41) is 0. The average Bonchev–Trinajstić information content (AvgIpc) is 2.75. The Hall–Kier alpha value is -2.41. The Balaban J connectivity index is 1.75. The van der Waals surface area contributed by atoms with E-state index in [0.29, 0.717) is 38.9 Å². The van der Waals surface area contributed by atoms with Crippen LogP contribution in [0.15, 0.2) is 24.3 Å². The minimum atomic E-state index is -0.595. The van der Waals surface area contributed by atoms with E-state index in [-0.39, 0.29) is 23.6 Å². The Bertz CT molecular complexity index is 815. The molecule has 7 heteroatoms. The van der Waals surface area contributed by atoms with Gasteiger partial charge in [-0.25, -0.2) is 0 Å². The van der Waals surface area contributed by atoms with Gasteiger partial charge in [-0.1, -0.05) is 24.3 Å². The molecule has 1 unspecified atom stereocenters. The van der Waals surface area contributed by atoms with Crippen LogP contribution < -0.4 is 5.73 Å². The zero-order valence-electron chi connectivity index (χ0n) is 19.1. The summed E-state index contributed by atoms with van der Waals surface area (Å²) in [7, 11) is 3.52. The number of hydrogen-bond acceptors (Lipinski definition) is 4. The summed E-state index contributed by atoms with van der Waals surface area (Å²) in [5.74, 6) is 0.228. The fourth-order valence-corrected chi connectivity index (χ4v) is 4.96. The monoisotopic (exact) mass is 428 g/mol. The molecule has 2 fully saturated rings. The molecule has 0 spiro atoms. The molecule has 0 aliphatic carbocycles. The Morgan fingerprint density at radius 1 is 1.13 bits per heavy atom. The minimum absolute atomic E-state index is 0.0734. The maximum atomic E-state index is 12.6. The molecule has 1 aromatic rings. The Morgan fingerprint density at radius 2 is 1.81 bits per heavy atom. The van der Waals surface area contributed by atoms with Crippen LogP contribution in [0, 0.1) is 5.41 Å². The van der Waals surface area contributed by atoms with Gasteiger partial charge in [-0.2, -0.15) is 0 Å². The molecule has 31 heavy (non-hydrogen) atoms. The second-order valence-corrected chi connectivity index (χ2v) is 9.39. The lowest BCUT2D eigenvalue weighted by atomic mass is 9.71. The van der Waals surface area contributed by atoms with Gasteiger partial charge in [0.25, 0.3) is 0 Å². The van der Waals surface area contributed by atoms with Crippen LogP contribution in [0.3, 0.4) is 0 Å². The summed E-state index contributed by atoms with van der Waals surface area (Å²) in [6.45, 7) is 4.93. The average molecular weight is 429 g/mol. The molecule has 170 valence electrons. The van der Waals surface area contributed by atoms with E-state index in [2.05, 4.69) is 17.0 Å². The molecule has 7 nitrogen and oxygen atoms in total. The third kappa shape index (κ3) is 5.45. The normalized spacial score (nSPS) is 21.5. The smallest absolute Gasteiger partial charge is 0.236 e. The van der Waals surface area contributed by atoms with Gasteiger partial charge in [-0.05, 0) is 56.3 Å². The zero-order valence-corrected chi connectivity index (χ0v) is 19.1. The Morgan fingerprint density at radius 3 is 2.42 bits per heavy atom. The topological polar surface area (TPSA) is 87.0 Å². The van der Waals surface area contributed by atoms with Gasteiger partial charge in [-0.3, -0.25) is 19.3 Å². The summed E-state index contributed by atoms with van der Waals surface area (Å²) in [4.78, 5) is 42.2. The van der Waals surface area contributed by atoms with E-state index >= 15 is 0 Å². The molecule has 2 N–H and O–H groups in total. The van der Waals surface area contributed by atoms with Gasteiger partial charge in [0.1, 0.15) is 0 Å². The van der Waals surface area contributed by atoms with Gasteiger partial charge in [0.15, 0.2) is 0 Å². The number of likely N-dealkylation sites (tertiary alicyclic amines) is 2. The van der Waals surface area contributed by atoms with Crippen molar-refractivity contribution >= 4 is 17.7 Å². The number of benzene rings is 1. The van der Waals surface area contributed by atoms with E-state index < -0.39 is 5.41 Å². The Labute approximate surface area is 185 Å². The highest BCUT2D eigenvalue weighted by atomic mass is 16.2. The lowest BCUT2D eigenvalue weighted by Gasteiger charge is -2.40. The Kier molecular flexibility index (Phi) is 7.36. The van der Waals surface area contributed by atoms with E-state index in [1.807, 2.05) is 17.0 Å². The molecule has 2 aliphatic rings. The number of nitrogens with zero attached hydrogens (tertiary/aromatic N) is 3. The minimum Gasteiger partial charge on any atom is -0.369 e. The first-order chi connectivity index (χ1) is 14.7. The lowest BCUT2D eigenvalue weighted by Crippen LogP contribution is -2.50. The number of primary amides is 1. The van der Waals surface area contributed by atoms with Gasteiger partial charge in [0.2, 0.25) is 17.7 Å². The van der Waals surface area contributed by atoms with Crippen LogP contribution in [-0.2, 0) is 20.8 Å². The van der Waals surface area contributed by atoms with Crippen molar-refractivity contribution < 1.29 is 14.4 Å². The number of piperidine rings is 2. The predicted molar refractivity (Wildman–Crippen MR) is 120 cm³/mol. The van der Waals surface area contributed by atoms with Gasteiger partial charge in [0.05, 0.1) is 12.0 Å². The largest absolute Gasteiger partial charge is 0.369 e. The standard InChI is InChI=1S/C24H36N4O3/c1-18(29)28-12-6-8-20(16-28)21-9-5-4-7-19(21)15-24(23(25)31)10-13-27(14-11-24)17-22(30)26(2)3/h4-5,7,9,20H,6,8,10-17H2,1-3H3,(H2,25,31). The van der Waals surface area contributed by atoms with Crippen molar-refractivity contribution in [3.8, 4) is 0 Å². The number of carbonyl (C=O) groups excluding carboxylic acids is 3. The second-order valence-electron chi connectivity index (χ2n) is 9.39. The van der Waals surface area contributed by atoms with Crippen molar-refractivity contribution in [2.24, 2.45) is 11.1 Å². The molecule has 3 amide bonds. The molecule has 1 aromatic carbocycles. The van der Waals surface area contributed by atoms with Crippen LogP contribution in [0.5, 0.6) is 0 Å². The van der Waals surface area contributed by atoms with Crippen LogP contribution in [0.4, 0.5) is 0 Å². The highest BCUT2D eigenvalue weighted by Crippen LogP contribution is 2.38. The summed E-state index contributed by atoms with van der Waals surface area (Å²) in [6, 6.07) is 8.31. The van der Waals surface area contributed by atoms with E-state index in [0.717, 1.165) is 31.5 Å². The van der Waals surface area contributed by atoms with E-state index in [4.69, 9.17) is 5.73 Å². The van der Waals surface area contributed by atoms with Gasteiger partial charge in [-0.15, -0.1) is 0 Å². The summed E-state index contributed by atoms with van der Waals surface area (Å²) >= 11 is 0. The molecule has 2 heterocycles. The fourth-order valence-electron chi connectivity index (χ4n) is 4.96. The van der Waals surface area contributed by atoms with Crippen LogP contribution in [0.2, 0.25) is 0 Å². The molecule has 2 saturated heterocycles. The predicted octanol–water partition coefficient (Wildman–Crippen LogP) is 1.61. The maximum absolute atomic E-state index is 12.6. The summed E-state index contributed by atoms with van der Waals surface area (Å²) in [6.07, 6.45) is 3.97. The molecule has 2 aliphatic heterocycles. The van der Waals surface area contributed by atoms with Crippen molar-refractivity contribution in [2.75, 3.05) is 46.8 Å². The maximum Gasteiger partial charge on any atom is 0.236 e. The summed E-state index contributed by atoms with van der Waals surface area (Å²) in [5.41, 5.74) is 7.75. The van der Waals surface area contributed by atoms with E-state index in [1.165, 1.54) is 5.56 Å². The molecular formula is C24H36N4O3. The lowest BCUT2D eigenvalue weighted by molar-refractivity contribution is -0.133. The summed E-state index contributed by atoms with van der Waals surface area (Å²) < 4.78 is 0. The molecule has 3 rings (SSSR count). The molecule has 0 saturated carbocycles. The third-order valence-corrected chi connectivity index (χ3v) is 7.08. The molecule has 1 atom stereocenters. The number of hydrogen-bond donors (Lipinski definition) is 1.